The Morgan fingerprint density at radius 2 is 1.92 bits per heavy atom. The number of carbonyl (C=O) groups is 1. The van der Waals surface area contributed by atoms with E-state index in [9.17, 15) is 18.9 Å². The average molecular weight is 525 g/mol. The number of nitrogens with one attached hydrogen (secondary N) is 2. The third-order valence-corrected chi connectivity index (χ3v) is 7.13. The number of carbonyl (C=O) groups excluding carboxylic acids is 1. The minimum Gasteiger partial charge on any atom is -0.461 e. The van der Waals surface area contributed by atoms with Crippen molar-refractivity contribution in [1.82, 2.24) is 14.6 Å². The van der Waals surface area contributed by atoms with E-state index in [4.69, 9.17) is 23.3 Å². The summed E-state index contributed by atoms with van der Waals surface area (Å²) in [6, 6.07) is 7.32. The maximum absolute atomic E-state index is 13.6. The van der Waals surface area contributed by atoms with Crippen LogP contribution in [0.25, 0.3) is 0 Å². The van der Waals surface area contributed by atoms with Gasteiger partial charge >= 0.3 is 19.4 Å². The highest BCUT2D eigenvalue weighted by Gasteiger charge is 2.36. The van der Waals surface area contributed by atoms with Crippen molar-refractivity contribution < 1.29 is 32.6 Å². The minimum atomic E-state index is -4.11. The zero-order valence-corrected chi connectivity index (χ0v) is 21.7. The fourth-order valence-corrected chi connectivity index (χ4v) is 4.53. The molecule has 0 amide bonds. The SMILES string of the molecule is Cc1cn([C@H]2CO[C@@H](COP(=O)(NC(C)C(=O)OC(C)C(C)C)Oc3ccccc3)O2)c(=O)[nH]c1=O. The van der Waals surface area contributed by atoms with Crippen molar-refractivity contribution >= 4 is 13.7 Å². The lowest BCUT2D eigenvalue weighted by Gasteiger charge is -2.25. The summed E-state index contributed by atoms with van der Waals surface area (Å²) in [4.78, 5) is 38.5. The second-order valence-electron chi connectivity index (χ2n) is 8.77. The van der Waals surface area contributed by atoms with Crippen LogP contribution in [0.5, 0.6) is 5.75 Å². The standard InChI is InChI=1S/C23H32N3O9P/c1-14(2)17(5)33-22(28)16(4)25-36(30,35-18-9-7-6-8-10-18)32-13-20-31-12-19(34-20)26-11-15(3)21(27)24-23(26)29/h6-11,14,16-17,19-20H,12-13H2,1-5H3,(H,25,30)(H,24,27,29)/t16?,17?,19-,20-,36?/m1/s1. The molecule has 1 saturated heterocycles. The van der Waals surface area contributed by atoms with Crippen LogP contribution in [-0.4, -0.2) is 47.2 Å². The van der Waals surface area contributed by atoms with Gasteiger partial charge in [0.15, 0.2) is 12.5 Å². The van der Waals surface area contributed by atoms with Crippen molar-refractivity contribution in [3.05, 3.63) is 62.9 Å². The normalized spacial score (nSPS) is 21.1. The van der Waals surface area contributed by atoms with Gasteiger partial charge < -0.3 is 18.7 Å². The number of ether oxygens (including phenoxy) is 3. The van der Waals surface area contributed by atoms with Gasteiger partial charge in [-0.25, -0.2) is 9.36 Å². The van der Waals surface area contributed by atoms with Crippen LogP contribution < -0.4 is 20.9 Å². The molecular formula is C23H32N3O9P. The molecule has 1 aromatic heterocycles. The molecule has 0 aliphatic carbocycles. The Bertz CT molecular complexity index is 1200. The Labute approximate surface area is 208 Å². The predicted molar refractivity (Wildman–Crippen MR) is 130 cm³/mol. The largest absolute Gasteiger partial charge is 0.461 e. The summed E-state index contributed by atoms with van der Waals surface area (Å²) >= 11 is 0. The van der Waals surface area contributed by atoms with Crippen LogP contribution in [0.4, 0.5) is 0 Å². The van der Waals surface area contributed by atoms with Crippen molar-refractivity contribution in [2.75, 3.05) is 13.2 Å². The first-order chi connectivity index (χ1) is 17.0. The molecule has 198 valence electrons. The molecule has 1 aliphatic rings. The van der Waals surface area contributed by atoms with Gasteiger partial charge in [-0.15, -0.1) is 0 Å². The topological polar surface area (TPSA) is 147 Å². The molecule has 3 rings (SSSR count). The number of aromatic nitrogens is 2. The summed E-state index contributed by atoms with van der Waals surface area (Å²) in [6.07, 6.45) is -0.786. The molecule has 2 N–H and O–H groups in total. The van der Waals surface area contributed by atoms with Crippen LogP contribution in [0.2, 0.25) is 0 Å². The van der Waals surface area contributed by atoms with Crippen LogP contribution in [0, 0.1) is 12.8 Å². The summed E-state index contributed by atoms with van der Waals surface area (Å²) in [5.41, 5.74) is -0.811. The quantitative estimate of drug-likeness (QED) is 0.331. The van der Waals surface area contributed by atoms with E-state index in [0.29, 0.717) is 5.56 Å². The van der Waals surface area contributed by atoms with Crippen LogP contribution >= 0.6 is 7.75 Å². The van der Waals surface area contributed by atoms with E-state index >= 15 is 0 Å². The van der Waals surface area contributed by atoms with E-state index in [-0.39, 0.29) is 31.0 Å². The van der Waals surface area contributed by atoms with Crippen LogP contribution in [0.1, 0.15) is 39.5 Å². The Kier molecular flexibility index (Phi) is 9.26. The van der Waals surface area contributed by atoms with Gasteiger partial charge in [0.05, 0.1) is 6.61 Å². The summed E-state index contributed by atoms with van der Waals surface area (Å²) in [5, 5.41) is 2.61. The third kappa shape index (κ3) is 7.37. The molecule has 2 heterocycles. The second kappa shape index (κ2) is 12.0. The lowest BCUT2D eigenvalue weighted by atomic mass is 10.1. The molecule has 36 heavy (non-hydrogen) atoms. The minimum absolute atomic E-state index is 0.00743. The number of benzene rings is 1. The number of aryl methyl sites for hydroxylation is 1. The van der Waals surface area contributed by atoms with Crippen molar-refractivity contribution in [1.29, 1.82) is 0 Å². The van der Waals surface area contributed by atoms with Gasteiger partial charge in [-0.05, 0) is 38.8 Å². The van der Waals surface area contributed by atoms with E-state index in [1.165, 1.54) is 17.7 Å². The van der Waals surface area contributed by atoms with E-state index in [0.717, 1.165) is 0 Å². The molecule has 0 saturated carbocycles. The molecule has 3 unspecified atom stereocenters. The van der Waals surface area contributed by atoms with E-state index in [1.54, 1.807) is 44.2 Å². The molecule has 0 bridgehead atoms. The molecular weight excluding hydrogens is 493 g/mol. The van der Waals surface area contributed by atoms with Gasteiger partial charge in [0.1, 0.15) is 24.5 Å². The fraction of sp³-hybridized carbons (Fsp3) is 0.522. The monoisotopic (exact) mass is 525 g/mol. The van der Waals surface area contributed by atoms with E-state index in [1.807, 2.05) is 13.8 Å². The summed E-state index contributed by atoms with van der Waals surface area (Å²) < 4.78 is 42.6. The zero-order valence-electron chi connectivity index (χ0n) is 20.8. The molecule has 2 aromatic rings. The highest BCUT2D eigenvalue weighted by Crippen LogP contribution is 2.45. The number of nitrogens with zero attached hydrogens (tertiary/aromatic N) is 1. The maximum atomic E-state index is 13.6. The van der Waals surface area contributed by atoms with Crippen molar-refractivity contribution in [2.24, 2.45) is 5.92 Å². The second-order valence-corrected chi connectivity index (χ2v) is 10.5. The summed E-state index contributed by atoms with van der Waals surface area (Å²) in [6.45, 7) is 8.30. The number of aromatic amines is 1. The lowest BCUT2D eigenvalue weighted by molar-refractivity contribution is -0.152. The highest BCUT2D eigenvalue weighted by molar-refractivity contribution is 7.52. The van der Waals surface area contributed by atoms with Crippen LogP contribution in [-0.2, 0) is 28.1 Å². The van der Waals surface area contributed by atoms with Crippen LogP contribution in [0.3, 0.4) is 0 Å². The summed E-state index contributed by atoms with van der Waals surface area (Å²) in [7, 11) is -4.11. The Hall–Kier alpha value is -2.76. The molecule has 0 spiro atoms. The molecule has 1 aromatic carbocycles. The smallest absolute Gasteiger partial charge is 0.459 e. The van der Waals surface area contributed by atoms with E-state index in [2.05, 4.69) is 10.1 Å². The van der Waals surface area contributed by atoms with Gasteiger partial charge in [-0.3, -0.25) is 23.7 Å². The van der Waals surface area contributed by atoms with Crippen LogP contribution in [0.15, 0.2) is 46.1 Å². The lowest BCUT2D eigenvalue weighted by Crippen LogP contribution is -2.38. The first-order valence-electron chi connectivity index (χ1n) is 11.5. The predicted octanol–water partition coefficient (Wildman–Crippen LogP) is 2.49. The first kappa shape index (κ1) is 27.8. The average Bonchev–Trinajstić information content (AvgIpc) is 3.29. The fourth-order valence-electron chi connectivity index (χ4n) is 3.06. The summed E-state index contributed by atoms with van der Waals surface area (Å²) in [5.74, 6) is -0.253. The van der Waals surface area contributed by atoms with Gasteiger partial charge in [0.2, 0.25) is 0 Å². The van der Waals surface area contributed by atoms with Gasteiger partial charge in [-0.1, -0.05) is 32.0 Å². The van der Waals surface area contributed by atoms with E-state index < -0.39 is 43.5 Å². The molecule has 5 atom stereocenters. The molecule has 1 aliphatic heterocycles. The number of para-hydroxylation sites is 1. The van der Waals surface area contributed by atoms with Gasteiger partial charge in [-0.2, -0.15) is 5.09 Å². The number of rotatable bonds is 11. The highest BCUT2D eigenvalue weighted by atomic mass is 31.2. The van der Waals surface area contributed by atoms with Crippen molar-refractivity contribution in [3.8, 4) is 5.75 Å². The molecule has 0 radical (unpaired) electrons. The van der Waals surface area contributed by atoms with Gasteiger partial charge in [0, 0.05) is 11.8 Å². The molecule has 1 fully saturated rings. The molecule has 12 nitrogen and oxygen atoms in total. The number of hydrogen-bond donors (Lipinski definition) is 2. The maximum Gasteiger partial charge on any atom is 0.459 e. The number of hydrogen-bond acceptors (Lipinski definition) is 9. The van der Waals surface area contributed by atoms with Crippen molar-refractivity contribution in [2.45, 2.75) is 59.3 Å². The Balaban J connectivity index is 1.68. The first-order valence-corrected chi connectivity index (χ1v) is 13.1. The zero-order chi connectivity index (χ0) is 26.5. The Morgan fingerprint density at radius 1 is 1.22 bits per heavy atom. The third-order valence-electron chi connectivity index (χ3n) is 5.49. The number of H-pyrrole nitrogens is 1. The Morgan fingerprint density at radius 3 is 2.58 bits per heavy atom. The molecule has 13 heteroatoms. The van der Waals surface area contributed by atoms with Crippen molar-refractivity contribution in [3.63, 3.8) is 0 Å². The van der Waals surface area contributed by atoms with Gasteiger partial charge in [0.25, 0.3) is 5.56 Å². The number of esters is 1.